The molecule has 4 N–H and O–H groups in total. The molecule has 2 aromatic rings. The fourth-order valence-corrected chi connectivity index (χ4v) is 2.90. The first-order valence-electron chi connectivity index (χ1n) is 5.72. The van der Waals surface area contributed by atoms with Gasteiger partial charge in [0.2, 0.25) is 0 Å². The molecule has 0 radical (unpaired) electrons. The third kappa shape index (κ3) is 2.48. The van der Waals surface area contributed by atoms with Crippen molar-refractivity contribution in [2.75, 3.05) is 23.4 Å². The van der Waals surface area contributed by atoms with E-state index in [-0.39, 0.29) is 28.1 Å². The summed E-state index contributed by atoms with van der Waals surface area (Å²) in [6.07, 6.45) is 0. The van der Waals surface area contributed by atoms with E-state index in [2.05, 4.69) is 0 Å². The Morgan fingerprint density at radius 1 is 1.37 bits per heavy atom. The first kappa shape index (κ1) is 14.0. The van der Waals surface area contributed by atoms with Gasteiger partial charge in [0.05, 0.1) is 23.1 Å². The van der Waals surface area contributed by atoms with Crippen LogP contribution >= 0.6 is 22.9 Å². The first-order chi connectivity index (χ1) is 8.93. The lowest BCUT2D eigenvalue weighted by Gasteiger charge is -2.28. The maximum Gasteiger partial charge on any atom is 0.169 e. The molecule has 1 unspecified atom stereocenters. The number of hydrogen-bond acceptors (Lipinski definition) is 4. The summed E-state index contributed by atoms with van der Waals surface area (Å²) in [6.45, 7) is 1.98. The van der Waals surface area contributed by atoms with Gasteiger partial charge in [0.15, 0.2) is 5.82 Å². The molecule has 19 heavy (non-hydrogen) atoms. The lowest BCUT2D eigenvalue weighted by Crippen LogP contribution is -2.23. The Bertz CT molecular complexity index is 586. The van der Waals surface area contributed by atoms with Gasteiger partial charge in [-0.25, -0.2) is 4.39 Å². The zero-order valence-electron chi connectivity index (χ0n) is 10.7. The highest BCUT2D eigenvalue weighted by atomic mass is 35.5. The molecule has 0 aliphatic heterocycles. The number of benzene rings is 1. The van der Waals surface area contributed by atoms with Crippen molar-refractivity contribution in [3.8, 4) is 0 Å². The highest BCUT2D eigenvalue weighted by molar-refractivity contribution is 7.10. The lowest BCUT2D eigenvalue weighted by atomic mass is 10.1. The molecule has 6 heteroatoms. The molecule has 0 bridgehead atoms. The zero-order valence-corrected chi connectivity index (χ0v) is 12.2. The van der Waals surface area contributed by atoms with E-state index in [0.29, 0.717) is 0 Å². The van der Waals surface area contributed by atoms with Gasteiger partial charge < -0.3 is 16.4 Å². The minimum Gasteiger partial charge on any atom is -0.397 e. The highest BCUT2D eigenvalue weighted by Gasteiger charge is 2.22. The Hall–Kier alpha value is -1.46. The number of nitrogen functional groups attached to an aromatic ring is 2. The number of anilines is 3. The monoisotopic (exact) mass is 299 g/mol. The summed E-state index contributed by atoms with van der Waals surface area (Å²) in [5, 5.41) is 1.89. The van der Waals surface area contributed by atoms with Crippen LogP contribution in [0, 0.1) is 5.82 Å². The molecule has 102 valence electrons. The average Bonchev–Trinajstić information content (AvgIpc) is 2.88. The number of thiophene rings is 1. The van der Waals surface area contributed by atoms with Crippen molar-refractivity contribution in [2.24, 2.45) is 0 Å². The molecule has 0 aliphatic carbocycles. The van der Waals surface area contributed by atoms with Crippen LogP contribution < -0.4 is 16.4 Å². The second kappa shape index (κ2) is 5.27. The van der Waals surface area contributed by atoms with Crippen molar-refractivity contribution in [1.29, 1.82) is 0 Å². The molecular formula is C13H15ClFN3S. The van der Waals surface area contributed by atoms with Crippen molar-refractivity contribution in [3.05, 3.63) is 39.3 Å². The van der Waals surface area contributed by atoms with Crippen LogP contribution in [0.25, 0.3) is 0 Å². The first-order valence-corrected chi connectivity index (χ1v) is 6.98. The van der Waals surface area contributed by atoms with Crippen LogP contribution in [-0.4, -0.2) is 7.05 Å². The molecule has 0 fully saturated rings. The molecule has 0 spiro atoms. The molecule has 0 saturated heterocycles. The van der Waals surface area contributed by atoms with Crippen molar-refractivity contribution in [3.63, 3.8) is 0 Å². The normalized spacial score (nSPS) is 12.4. The maximum atomic E-state index is 14.2. The van der Waals surface area contributed by atoms with Crippen LogP contribution in [0.3, 0.4) is 0 Å². The molecule has 0 aliphatic rings. The highest BCUT2D eigenvalue weighted by Crippen LogP contribution is 2.39. The Morgan fingerprint density at radius 2 is 2.05 bits per heavy atom. The number of hydrogen-bond donors (Lipinski definition) is 2. The van der Waals surface area contributed by atoms with Gasteiger partial charge in [-0.05, 0) is 24.4 Å². The second-order valence-corrected chi connectivity index (χ2v) is 5.69. The van der Waals surface area contributed by atoms with Crippen molar-refractivity contribution < 1.29 is 4.39 Å². The SMILES string of the molecule is CC(c1cccs1)N(C)c1c(N)cc(N)c(Cl)c1F. The Morgan fingerprint density at radius 3 is 2.63 bits per heavy atom. The molecule has 0 amide bonds. The summed E-state index contributed by atoms with van der Waals surface area (Å²) in [5.74, 6) is -0.579. The molecule has 0 saturated carbocycles. The predicted molar refractivity (Wildman–Crippen MR) is 81.4 cm³/mol. The third-order valence-electron chi connectivity index (χ3n) is 3.13. The van der Waals surface area contributed by atoms with Crippen molar-refractivity contribution in [1.82, 2.24) is 0 Å². The maximum absolute atomic E-state index is 14.2. The second-order valence-electron chi connectivity index (χ2n) is 4.33. The fourth-order valence-electron chi connectivity index (χ4n) is 1.93. The van der Waals surface area contributed by atoms with E-state index in [4.69, 9.17) is 23.1 Å². The summed E-state index contributed by atoms with van der Waals surface area (Å²) >= 11 is 7.46. The fraction of sp³-hybridized carbons (Fsp3) is 0.231. The lowest BCUT2D eigenvalue weighted by molar-refractivity contribution is 0.615. The molecule has 1 aromatic carbocycles. The van der Waals surface area contributed by atoms with Gasteiger partial charge in [-0.3, -0.25) is 0 Å². The molecule has 2 rings (SSSR count). The summed E-state index contributed by atoms with van der Waals surface area (Å²) in [4.78, 5) is 2.89. The van der Waals surface area contributed by atoms with Gasteiger partial charge in [-0.2, -0.15) is 0 Å². The summed E-state index contributed by atoms with van der Waals surface area (Å²) in [6, 6.07) is 5.44. The standard InChI is InChI=1S/C13H15ClFN3S/c1-7(10-4-3-5-19-10)18(2)13-9(17)6-8(16)11(14)12(13)15/h3-7H,16-17H2,1-2H3. The van der Waals surface area contributed by atoms with Gasteiger partial charge >= 0.3 is 0 Å². The molecular weight excluding hydrogens is 285 g/mol. The molecule has 1 aromatic heterocycles. The quantitative estimate of drug-likeness (QED) is 0.845. The number of nitrogens with two attached hydrogens (primary N) is 2. The molecule has 1 heterocycles. The van der Waals surface area contributed by atoms with E-state index in [1.54, 1.807) is 23.3 Å². The van der Waals surface area contributed by atoms with E-state index in [0.717, 1.165) is 4.88 Å². The Kier molecular flexibility index (Phi) is 3.87. The summed E-state index contributed by atoms with van der Waals surface area (Å²) in [5.41, 5.74) is 12.2. The smallest absolute Gasteiger partial charge is 0.169 e. The summed E-state index contributed by atoms with van der Waals surface area (Å²) < 4.78 is 14.2. The van der Waals surface area contributed by atoms with Crippen LogP contribution in [0.4, 0.5) is 21.5 Å². The van der Waals surface area contributed by atoms with E-state index in [1.807, 2.05) is 24.4 Å². The predicted octanol–water partition coefficient (Wildman–Crippen LogP) is 3.90. The van der Waals surface area contributed by atoms with Crippen molar-refractivity contribution in [2.45, 2.75) is 13.0 Å². The average molecular weight is 300 g/mol. The van der Waals surface area contributed by atoms with Crippen LogP contribution in [-0.2, 0) is 0 Å². The van der Waals surface area contributed by atoms with Gasteiger partial charge in [-0.15, -0.1) is 11.3 Å². The largest absolute Gasteiger partial charge is 0.397 e. The van der Waals surface area contributed by atoms with Crippen LogP contribution in [0.2, 0.25) is 5.02 Å². The Balaban J connectivity index is 2.44. The van der Waals surface area contributed by atoms with E-state index < -0.39 is 5.82 Å². The third-order valence-corrected chi connectivity index (χ3v) is 4.55. The minimum absolute atomic E-state index is 0.00325. The molecule has 1 atom stereocenters. The van der Waals surface area contributed by atoms with Crippen LogP contribution in [0.5, 0.6) is 0 Å². The van der Waals surface area contributed by atoms with E-state index in [1.165, 1.54) is 6.07 Å². The minimum atomic E-state index is -0.579. The number of halogens is 2. The number of nitrogens with zero attached hydrogens (tertiary/aromatic N) is 1. The van der Waals surface area contributed by atoms with Crippen LogP contribution in [0.15, 0.2) is 23.6 Å². The van der Waals surface area contributed by atoms with E-state index >= 15 is 0 Å². The van der Waals surface area contributed by atoms with Crippen LogP contribution in [0.1, 0.15) is 17.8 Å². The molecule has 3 nitrogen and oxygen atoms in total. The van der Waals surface area contributed by atoms with E-state index in [9.17, 15) is 4.39 Å². The Labute approximate surface area is 120 Å². The topological polar surface area (TPSA) is 55.3 Å². The zero-order chi connectivity index (χ0) is 14.2. The number of rotatable bonds is 3. The van der Waals surface area contributed by atoms with Gasteiger partial charge in [-0.1, -0.05) is 17.7 Å². The van der Waals surface area contributed by atoms with Gasteiger partial charge in [0, 0.05) is 11.9 Å². The van der Waals surface area contributed by atoms with Crippen molar-refractivity contribution >= 4 is 40.0 Å². The van der Waals surface area contributed by atoms with Gasteiger partial charge in [0.1, 0.15) is 5.02 Å². The van der Waals surface area contributed by atoms with Gasteiger partial charge in [0.25, 0.3) is 0 Å². The summed E-state index contributed by atoms with van der Waals surface area (Å²) in [7, 11) is 1.78.